The molecule has 0 unspecified atom stereocenters. The molecule has 2 aromatic rings. The average molecular weight is 368 g/mol. The SMILES string of the molecule is CCCCNc1nc(SCCCC)nc2cc(Br)ccc12. The van der Waals surface area contributed by atoms with Crippen molar-refractivity contribution in [2.24, 2.45) is 0 Å². The highest BCUT2D eigenvalue weighted by molar-refractivity contribution is 9.10. The van der Waals surface area contributed by atoms with Gasteiger partial charge < -0.3 is 5.32 Å². The Morgan fingerprint density at radius 2 is 1.95 bits per heavy atom. The van der Waals surface area contributed by atoms with Gasteiger partial charge in [-0.3, -0.25) is 0 Å². The van der Waals surface area contributed by atoms with Gasteiger partial charge in [-0.15, -0.1) is 0 Å². The van der Waals surface area contributed by atoms with Gasteiger partial charge >= 0.3 is 0 Å². The summed E-state index contributed by atoms with van der Waals surface area (Å²) >= 11 is 5.26. The number of aromatic nitrogens is 2. The number of rotatable bonds is 8. The maximum atomic E-state index is 4.70. The quantitative estimate of drug-likeness (QED) is 0.379. The number of unbranched alkanes of at least 4 members (excludes halogenated alkanes) is 2. The first-order valence-corrected chi connectivity index (χ1v) is 9.36. The van der Waals surface area contributed by atoms with Crippen molar-refractivity contribution < 1.29 is 0 Å². The molecule has 0 aliphatic rings. The van der Waals surface area contributed by atoms with Gasteiger partial charge in [-0.05, 0) is 31.0 Å². The molecule has 3 nitrogen and oxygen atoms in total. The van der Waals surface area contributed by atoms with Crippen LogP contribution in [-0.4, -0.2) is 22.3 Å². The van der Waals surface area contributed by atoms with E-state index in [1.807, 2.05) is 6.07 Å². The fourth-order valence-electron chi connectivity index (χ4n) is 1.97. The lowest BCUT2D eigenvalue weighted by molar-refractivity contribution is 0.828. The molecule has 1 N–H and O–H groups in total. The van der Waals surface area contributed by atoms with Crippen LogP contribution in [0, 0.1) is 0 Å². The van der Waals surface area contributed by atoms with Gasteiger partial charge in [-0.25, -0.2) is 9.97 Å². The van der Waals surface area contributed by atoms with Crippen LogP contribution in [-0.2, 0) is 0 Å². The topological polar surface area (TPSA) is 37.8 Å². The Kier molecular flexibility index (Phi) is 6.77. The lowest BCUT2D eigenvalue weighted by Crippen LogP contribution is -2.05. The second-order valence-electron chi connectivity index (χ2n) is 5.00. The van der Waals surface area contributed by atoms with Gasteiger partial charge in [0, 0.05) is 22.2 Å². The van der Waals surface area contributed by atoms with Crippen LogP contribution in [0.2, 0.25) is 0 Å². The van der Waals surface area contributed by atoms with Crippen LogP contribution in [0.5, 0.6) is 0 Å². The summed E-state index contributed by atoms with van der Waals surface area (Å²) in [4.78, 5) is 9.38. The molecule has 0 saturated heterocycles. The molecule has 1 aromatic heterocycles. The third kappa shape index (κ3) is 4.85. The van der Waals surface area contributed by atoms with Crippen molar-refractivity contribution in [2.45, 2.75) is 44.7 Å². The van der Waals surface area contributed by atoms with Crippen molar-refractivity contribution in [3.8, 4) is 0 Å². The standard InChI is InChI=1S/C16H22BrN3S/c1-3-5-9-18-15-13-8-7-12(17)11-14(13)19-16(20-15)21-10-6-4-2/h7-8,11H,3-6,9-10H2,1-2H3,(H,18,19,20). The largest absolute Gasteiger partial charge is 0.369 e. The molecule has 114 valence electrons. The van der Waals surface area contributed by atoms with Crippen molar-refractivity contribution in [1.82, 2.24) is 9.97 Å². The molecule has 1 aromatic carbocycles. The van der Waals surface area contributed by atoms with E-state index in [0.29, 0.717) is 0 Å². The highest BCUT2D eigenvalue weighted by Crippen LogP contribution is 2.27. The fraction of sp³-hybridized carbons (Fsp3) is 0.500. The van der Waals surface area contributed by atoms with E-state index in [-0.39, 0.29) is 0 Å². The van der Waals surface area contributed by atoms with Gasteiger partial charge in [0.2, 0.25) is 0 Å². The molecule has 0 spiro atoms. The van der Waals surface area contributed by atoms with Gasteiger partial charge in [0.05, 0.1) is 5.52 Å². The molecule has 0 amide bonds. The minimum Gasteiger partial charge on any atom is -0.369 e. The maximum absolute atomic E-state index is 4.70. The highest BCUT2D eigenvalue weighted by Gasteiger charge is 2.08. The summed E-state index contributed by atoms with van der Waals surface area (Å²) in [5, 5.41) is 5.42. The molecule has 5 heteroatoms. The van der Waals surface area contributed by atoms with E-state index in [2.05, 4.69) is 52.2 Å². The van der Waals surface area contributed by atoms with Crippen molar-refractivity contribution in [1.29, 1.82) is 0 Å². The predicted molar refractivity (Wildman–Crippen MR) is 96.3 cm³/mol. The van der Waals surface area contributed by atoms with E-state index in [4.69, 9.17) is 4.98 Å². The smallest absolute Gasteiger partial charge is 0.190 e. The molecule has 0 atom stereocenters. The van der Waals surface area contributed by atoms with E-state index >= 15 is 0 Å². The third-order valence-electron chi connectivity index (χ3n) is 3.19. The number of nitrogens with zero attached hydrogens (tertiary/aromatic N) is 2. The number of nitrogens with one attached hydrogen (secondary N) is 1. The molecule has 0 radical (unpaired) electrons. The van der Waals surface area contributed by atoms with E-state index in [1.165, 1.54) is 19.3 Å². The van der Waals surface area contributed by atoms with Crippen molar-refractivity contribution in [3.05, 3.63) is 22.7 Å². The third-order valence-corrected chi connectivity index (χ3v) is 4.62. The minimum atomic E-state index is 0.869. The summed E-state index contributed by atoms with van der Waals surface area (Å²) in [7, 11) is 0. The number of halogens is 1. The summed E-state index contributed by atoms with van der Waals surface area (Å²) < 4.78 is 1.05. The van der Waals surface area contributed by atoms with Gasteiger partial charge in [0.25, 0.3) is 0 Å². The number of thioether (sulfide) groups is 1. The van der Waals surface area contributed by atoms with Crippen LogP contribution in [0.4, 0.5) is 5.82 Å². The van der Waals surface area contributed by atoms with Crippen LogP contribution < -0.4 is 5.32 Å². The Balaban J connectivity index is 2.28. The Hall–Kier alpha value is -0.810. The molecular weight excluding hydrogens is 346 g/mol. The monoisotopic (exact) mass is 367 g/mol. The molecule has 0 fully saturated rings. The van der Waals surface area contributed by atoms with Crippen LogP contribution in [0.3, 0.4) is 0 Å². The van der Waals surface area contributed by atoms with Gasteiger partial charge in [-0.1, -0.05) is 54.4 Å². The average Bonchev–Trinajstić information content (AvgIpc) is 2.47. The Labute approximate surface area is 139 Å². The fourth-order valence-corrected chi connectivity index (χ4v) is 3.26. The van der Waals surface area contributed by atoms with Gasteiger partial charge in [0.1, 0.15) is 5.82 Å². The minimum absolute atomic E-state index is 0.869. The van der Waals surface area contributed by atoms with E-state index in [1.54, 1.807) is 11.8 Å². The first-order chi connectivity index (χ1) is 10.2. The molecule has 0 aliphatic carbocycles. The van der Waals surface area contributed by atoms with Crippen LogP contribution in [0.15, 0.2) is 27.8 Å². The van der Waals surface area contributed by atoms with Crippen LogP contribution >= 0.6 is 27.7 Å². The summed E-state index contributed by atoms with van der Waals surface area (Å²) in [6.07, 6.45) is 4.73. The van der Waals surface area contributed by atoms with Crippen LogP contribution in [0.1, 0.15) is 39.5 Å². The number of hydrogen-bond acceptors (Lipinski definition) is 4. The van der Waals surface area contributed by atoms with Gasteiger partial charge in [0.15, 0.2) is 5.16 Å². The summed E-state index contributed by atoms with van der Waals surface area (Å²) in [6.45, 7) is 5.36. The van der Waals surface area contributed by atoms with Crippen LogP contribution in [0.25, 0.3) is 10.9 Å². The number of anilines is 1. The Bertz CT molecular complexity index is 589. The molecule has 0 aliphatic heterocycles. The molecule has 0 saturated carbocycles. The van der Waals surface area contributed by atoms with Gasteiger partial charge in [-0.2, -0.15) is 0 Å². The second-order valence-corrected chi connectivity index (χ2v) is 6.98. The lowest BCUT2D eigenvalue weighted by atomic mass is 10.2. The Morgan fingerprint density at radius 3 is 2.71 bits per heavy atom. The maximum Gasteiger partial charge on any atom is 0.190 e. The number of hydrogen-bond donors (Lipinski definition) is 1. The molecule has 21 heavy (non-hydrogen) atoms. The number of fused-ring (bicyclic) bond motifs is 1. The summed E-state index contributed by atoms with van der Waals surface area (Å²) in [5.41, 5.74) is 0.998. The molecule has 0 bridgehead atoms. The number of benzene rings is 1. The highest BCUT2D eigenvalue weighted by atomic mass is 79.9. The second kappa shape index (κ2) is 8.59. The van der Waals surface area contributed by atoms with E-state index < -0.39 is 0 Å². The zero-order valence-electron chi connectivity index (χ0n) is 12.7. The first-order valence-electron chi connectivity index (χ1n) is 7.58. The lowest BCUT2D eigenvalue weighted by Gasteiger charge is -2.10. The van der Waals surface area contributed by atoms with Crippen molar-refractivity contribution in [3.63, 3.8) is 0 Å². The summed E-state index contributed by atoms with van der Waals surface area (Å²) in [5.74, 6) is 2.03. The van der Waals surface area contributed by atoms with E-state index in [0.717, 1.165) is 45.1 Å². The molecule has 1 heterocycles. The van der Waals surface area contributed by atoms with Crippen molar-refractivity contribution in [2.75, 3.05) is 17.6 Å². The first kappa shape index (κ1) is 16.6. The normalized spacial score (nSPS) is 11.0. The zero-order chi connectivity index (χ0) is 15.1. The van der Waals surface area contributed by atoms with E-state index in [9.17, 15) is 0 Å². The molecular formula is C16H22BrN3S. The summed E-state index contributed by atoms with van der Waals surface area (Å²) in [6, 6.07) is 6.18. The predicted octanol–water partition coefficient (Wildman–Crippen LogP) is 5.50. The van der Waals surface area contributed by atoms with Crippen molar-refractivity contribution >= 4 is 44.4 Å². The Morgan fingerprint density at radius 1 is 1.14 bits per heavy atom. The zero-order valence-corrected chi connectivity index (χ0v) is 15.1. The molecule has 2 rings (SSSR count).